The Bertz CT molecular complexity index is 1040. The van der Waals surface area contributed by atoms with Gasteiger partial charge in [0.1, 0.15) is 17.4 Å². The molecule has 1 fully saturated rings. The molecule has 1 aromatic heterocycles. The van der Waals surface area contributed by atoms with Crippen LogP contribution >= 0.6 is 0 Å². The van der Waals surface area contributed by atoms with Crippen LogP contribution in [0.5, 0.6) is 0 Å². The first-order valence-corrected chi connectivity index (χ1v) is 9.44. The normalized spacial score (nSPS) is 16.1. The van der Waals surface area contributed by atoms with Crippen molar-refractivity contribution in [3.8, 4) is 6.07 Å². The van der Waals surface area contributed by atoms with Gasteiger partial charge < -0.3 is 14.6 Å². The van der Waals surface area contributed by atoms with Crippen molar-refractivity contribution in [1.29, 1.82) is 5.26 Å². The van der Waals surface area contributed by atoms with E-state index >= 15 is 0 Å². The third-order valence-electron chi connectivity index (χ3n) is 5.28. The molecule has 6 nitrogen and oxygen atoms in total. The second-order valence-electron chi connectivity index (χ2n) is 7.02. The molecule has 2 aromatic carbocycles. The number of benzene rings is 2. The lowest BCUT2D eigenvalue weighted by Crippen LogP contribution is -2.47. The molecule has 0 atom stereocenters. The molecule has 1 saturated heterocycles. The molecule has 1 aliphatic heterocycles. The molecule has 0 unspecified atom stereocenters. The van der Waals surface area contributed by atoms with Crippen LogP contribution in [0.2, 0.25) is 0 Å². The fourth-order valence-corrected chi connectivity index (χ4v) is 3.71. The molecule has 0 amide bonds. The highest BCUT2D eigenvalue weighted by Crippen LogP contribution is 2.23. The van der Waals surface area contributed by atoms with Crippen LogP contribution in [0.3, 0.4) is 0 Å². The zero-order valence-corrected chi connectivity index (χ0v) is 15.9. The topological polar surface area (TPSA) is 68.3 Å². The van der Waals surface area contributed by atoms with Gasteiger partial charge in [0.2, 0.25) is 0 Å². The number of nitrogens with zero attached hydrogens (tertiary/aromatic N) is 5. The van der Waals surface area contributed by atoms with Gasteiger partial charge in [0.15, 0.2) is 5.82 Å². The maximum absolute atomic E-state index is 10.7. The Balaban J connectivity index is 1.50. The molecule has 0 spiro atoms. The molecule has 2 heterocycles. The molecule has 3 aromatic rings. The van der Waals surface area contributed by atoms with E-state index in [2.05, 4.69) is 33.0 Å². The molecule has 0 aliphatic carbocycles. The number of rotatable bonds is 4. The van der Waals surface area contributed by atoms with E-state index in [4.69, 9.17) is 0 Å². The van der Waals surface area contributed by atoms with Crippen molar-refractivity contribution in [3.63, 3.8) is 0 Å². The second kappa shape index (κ2) is 7.75. The van der Waals surface area contributed by atoms with Crippen molar-refractivity contribution in [1.82, 2.24) is 14.5 Å². The van der Waals surface area contributed by atoms with Gasteiger partial charge in [-0.2, -0.15) is 5.26 Å². The Morgan fingerprint density at radius 1 is 1.04 bits per heavy atom. The summed E-state index contributed by atoms with van der Waals surface area (Å²) < 4.78 is 1.86. The largest absolute Gasteiger partial charge is 0.509 e. The Kier molecular flexibility index (Phi) is 5.00. The Morgan fingerprint density at radius 3 is 2.39 bits per heavy atom. The number of piperazine rings is 1. The number of anilines is 1. The summed E-state index contributed by atoms with van der Waals surface area (Å²) in [6.07, 6.45) is 0. The first kappa shape index (κ1) is 18.1. The zero-order chi connectivity index (χ0) is 19.5. The van der Waals surface area contributed by atoms with E-state index in [0.717, 1.165) is 37.2 Å². The summed E-state index contributed by atoms with van der Waals surface area (Å²) in [6, 6.07) is 20.2. The molecule has 142 valence electrons. The molecular weight excluding hydrogens is 350 g/mol. The fourth-order valence-electron chi connectivity index (χ4n) is 3.71. The summed E-state index contributed by atoms with van der Waals surface area (Å²) in [5.41, 5.74) is 3.22. The van der Waals surface area contributed by atoms with Crippen molar-refractivity contribution in [2.45, 2.75) is 0 Å². The predicted molar refractivity (Wildman–Crippen MR) is 111 cm³/mol. The number of aryl methyl sites for hydroxylation is 1. The molecule has 0 radical (unpaired) electrons. The van der Waals surface area contributed by atoms with Crippen molar-refractivity contribution < 1.29 is 5.11 Å². The van der Waals surface area contributed by atoms with Gasteiger partial charge in [-0.3, -0.25) is 4.90 Å². The van der Waals surface area contributed by atoms with Crippen molar-refractivity contribution >= 4 is 22.3 Å². The van der Waals surface area contributed by atoms with E-state index in [1.165, 1.54) is 5.69 Å². The number of imidazole rings is 1. The van der Waals surface area contributed by atoms with Gasteiger partial charge in [-0.15, -0.1) is 0 Å². The lowest BCUT2D eigenvalue weighted by molar-refractivity contribution is 0.239. The lowest BCUT2D eigenvalue weighted by atomic mass is 10.2. The monoisotopic (exact) mass is 373 g/mol. The molecule has 0 bridgehead atoms. The number of allylic oxidation sites excluding steroid dienone is 1. The number of nitriles is 1. The van der Waals surface area contributed by atoms with Crippen LogP contribution in [0.25, 0.3) is 16.6 Å². The number of aliphatic hydroxyl groups is 1. The number of para-hydroxylation sites is 3. The number of aliphatic hydroxyl groups excluding tert-OH is 1. The molecule has 28 heavy (non-hydrogen) atoms. The van der Waals surface area contributed by atoms with Crippen molar-refractivity contribution in [2.75, 3.05) is 37.6 Å². The van der Waals surface area contributed by atoms with E-state index in [0.29, 0.717) is 12.4 Å². The molecule has 1 N–H and O–H groups in total. The highest BCUT2D eigenvalue weighted by atomic mass is 16.3. The summed E-state index contributed by atoms with van der Waals surface area (Å²) in [4.78, 5) is 9.06. The maximum Gasteiger partial charge on any atom is 0.155 e. The molecule has 0 saturated carbocycles. The molecule has 1 aliphatic rings. The minimum atomic E-state index is 0.0778. The van der Waals surface area contributed by atoms with Crippen molar-refractivity contribution in [3.05, 3.63) is 66.2 Å². The third-order valence-corrected chi connectivity index (χ3v) is 5.28. The highest BCUT2D eigenvalue weighted by molar-refractivity contribution is 5.83. The van der Waals surface area contributed by atoms with Crippen LogP contribution in [0.4, 0.5) is 5.69 Å². The van der Waals surface area contributed by atoms with Crippen LogP contribution in [-0.4, -0.2) is 52.3 Å². The summed E-state index contributed by atoms with van der Waals surface area (Å²) in [5, 5.41) is 20.4. The van der Waals surface area contributed by atoms with Crippen LogP contribution in [0.15, 0.2) is 60.4 Å². The summed E-state index contributed by atoms with van der Waals surface area (Å²) in [5.74, 6) is 0.582. The Labute approximate surface area is 164 Å². The van der Waals surface area contributed by atoms with Gasteiger partial charge in [0.25, 0.3) is 0 Å². The van der Waals surface area contributed by atoms with Crippen LogP contribution in [0.1, 0.15) is 5.82 Å². The van der Waals surface area contributed by atoms with Crippen LogP contribution in [0, 0.1) is 11.3 Å². The Hall–Kier alpha value is -3.30. The molecule has 4 rings (SSSR count). The lowest BCUT2D eigenvalue weighted by Gasteiger charge is -2.36. The number of fused-ring (bicyclic) bond motifs is 1. The fraction of sp³-hybridized carbons (Fsp3) is 0.273. The van der Waals surface area contributed by atoms with Gasteiger partial charge >= 0.3 is 0 Å². The van der Waals surface area contributed by atoms with E-state index in [9.17, 15) is 10.4 Å². The first-order valence-electron chi connectivity index (χ1n) is 9.44. The quantitative estimate of drug-likeness (QED) is 0.562. The third kappa shape index (κ3) is 3.45. The SMILES string of the molecule is Cn1c(/C(C#N)=C(\O)CN2CCN(c3ccccc3)CC2)nc2ccccc21. The smallest absolute Gasteiger partial charge is 0.155 e. The second-order valence-corrected chi connectivity index (χ2v) is 7.02. The van der Waals surface area contributed by atoms with Crippen LogP contribution < -0.4 is 4.90 Å². The average Bonchev–Trinajstić information content (AvgIpc) is 3.06. The summed E-state index contributed by atoms with van der Waals surface area (Å²) >= 11 is 0. The summed E-state index contributed by atoms with van der Waals surface area (Å²) in [7, 11) is 1.87. The van der Waals surface area contributed by atoms with Gasteiger partial charge in [0, 0.05) is 38.9 Å². The van der Waals surface area contributed by atoms with E-state index in [-0.39, 0.29) is 11.3 Å². The predicted octanol–water partition coefficient (Wildman–Crippen LogP) is 3.19. The van der Waals surface area contributed by atoms with Gasteiger partial charge in [-0.25, -0.2) is 4.98 Å². The minimum Gasteiger partial charge on any atom is -0.509 e. The molecular formula is C22H23N5O. The van der Waals surface area contributed by atoms with E-state index in [1.807, 2.05) is 54.1 Å². The summed E-state index contributed by atoms with van der Waals surface area (Å²) in [6.45, 7) is 3.81. The standard InChI is InChI=1S/C22H23N5O/c1-25-20-10-6-5-9-19(20)24-22(25)18(15-23)21(28)16-26-11-13-27(14-12-26)17-7-3-2-4-8-17/h2-10,28H,11-14,16H2,1H3/b21-18-. The van der Waals surface area contributed by atoms with Gasteiger partial charge in [0.05, 0.1) is 17.6 Å². The van der Waals surface area contributed by atoms with Gasteiger partial charge in [-0.1, -0.05) is 30.3 Å². The Morgan fingerprint density at radius 2 is 1.71 bits per heavy atom. The number of hydrogen-bond acceptors (Lipinski definition) is 5. The van der Waals surface area contributed by atoms with Crippen LogP contribution in [-0.2, 0) is 7.05 Å². The number of aromatic nitrogens is 2. The minimum absolute atomic E-state index is 0.0778. The van der Waals surface area contributed by atoms with Crippen molar-refractivity contribution in [2.24, 2.45) is 7.05 Å². The zero-order valence-electron chi connectivity index (χ0n) is 15.9. The maximum atomic E-state index is 10.7. The molecule has 6 heteroatoms. The van der Waals surface area contributed by atoms with E-state index in [1.54, 1.807) is 0 Å². The average molecular weight is 373 g/mol. The van der Waals surface area contributed by atoms with E-state index < -0.39 is 0 Å². The number of hydrogen-bond donors (Lipinski definition) is 1. The first-order chi connectivity index (χ1) is 13.7. The van der Waals surface area contributed by atoms with Gasteiger partial charge in [-0.05, 0) is 24.3 Å². The highest BCUT2D eigenvalue weighted by Gasteiger charge is 2.21.